The van der Waals surface area contributed by atoms with Gasteiger partial charge in [-0.15, -0.1) is 0 Å². The van der Waals surface area contributed by atoms with Crippen LogP contribution < -0.4 is 11.1 Å². The number of nitrogens with zero attached hydrogens (tertiary/aromatic N) is 4. The lowest BCUT2D eigenvalue weighted by molar-refractivity contribution is 0.143. The summed E-state index contributed by atoms with van der Waals surface area (Å²) in [5, 5.41) is 4.36. The van der Waals surface area contributed by atoms with E-state index in [0.29, 0.717) is 35.7 Å². The zero-order valence-corrected chi connectivity index (χ0v) is 19.0. The molecule has 32 heavy (non-hydrogen) atoms. The summed E-state index contributed by atoms with van der Waals surface area (Å²) in [6.45, 7) is 5.79. The van der Waals surface area contributed by atoms with E-state index in [1.165, 1.54) is 10.9 Å². The van der Waals surface area contributed by atoms with E-state index < -0.39 is 6.09 Å². The van der Waals surface area contributed by atoms with Crippen molar-refractivity contribution >= 4 is 45.4 Å². The molecule has 0 saturated heterocycles. The Bertz CT molecular complexity index is 1250. The number of halogens is 1. The summed E-state index contributed by atoms with van der Waals surface area (Å²) in [5.41, 5.74) is 9.55. The van der Waals surface area contributed by atoms with Crippen molar-refractivity contribution in [2.24, 2.45) is 0 Å². The SMILES string of the molecule is CC(C)n1ccc2ccc(CNC(=O)OCCCCn3cnc4c(N)nc(Cl)cc43)cc21. The molecule has 0 fully saturated rings. The number of nitrogen functional groups attached to an aromatic ring is 1. The van der Waals surface area contributed by atoms with Crippen molar-refractivity contribution in [2.75, 3.05) is 12.3 Å². The van der Waals surface area contributed by atoms with Crippen molar-refractivity contribution in [1.29, 1.82) is 0 Å². The number of ether oxygens (including phenoxy) is 1. The fourth-order valence-corrected chi connectivity index (χ4v) is 3.96. The van der Waals surface area contributed by atoms with E-state index in [0.717, 1.165) is 30.5 Å². The Hall–Kier alpha value is -3.26. The smallest absolute Gasteiger partial charge is 0.407 e. The first-order valence-corrected chi connectivity index (χ1v) is 11.1. The lowest BCUT2D eigenvalue weighted by atomic mass is 10.1. The quantitative estimate of drug-likeness (QED) is 0.291. The summed E-state index contributed by atoms with van der Waals surface area (Å²) < 4.78 is 9.51. The third kappa shape index (κ3) is 4.80. The van der Waals surface area contributed by atoms with E-state index >= 15 is 0 Å². The number of nitrogens with one attached hydrogen (secondary N) is 1. The van der Waals surface area contributed by atoms with Crippen LogP contribution >= 0.6 is 11.6 Å². The molecule has 0 radical (unpaired) electrons. The second-order valence-electron chi connectivity index (χ2n) is 8.04. The Labute approximate surface area is 191 Å². The van der Waals surface area contributed by atoms with Crippen molar-refractivity contribution in [3.8, 4) is 0 Å². The van der Waals surface area contributed by atoms with Crippen molar-refractivity contribution < 1.29 is 9.53 Å². The van der Waals surface area contributed by atoms with Crippen molar-refractivity contribution in [3.05, 3.63) is 53.6 Å². The largest absolute Gasteiger partial charge is 0.450 e. The number of pyridine rings is 1. The van der Waals surface area contributed by atoms with Crippen LogP contribution in [0.3, 0.4) is 0 Å². The van der Waals surface area contributed by atoms with Crippen LogP contribution in [-0.2, 0) is 17.8 Å². The number of nitrogens with two attached hydrogens (primary N) is 1. The number of anilines is 1. The van der Waals surface area contributed by atoms with Crippen LogP contribution in [0, 0.1) is 0 Å². The number of imidazole rings is 1. The molecule has 3 N–H and O–H groups in total. The van der Waals surface area contributed by atoms with Gasteiger partial charge in [0, 0.05) is 36.9 Å². The van der Waals surface area contributed by atoms with Gasteiger partial charge in [-0.25, -0.2) is 14.8 Å². The fraction of sp³-hybridized carbons (Fsp3) is 0.348. The third-order valence-electron chi connectivity index (χ3n) is 5.41. The molecule has 0 bridgehead atoms. The molecule has 0 aliphatic rings. The van der Waals surface area contributed by atoms with Crippen LogP contribution in [0.1, 0.15) is 38.3 Å². The minimum absolute atomic E-state index is 0.322. The highest BCUT2D eigenvalue weighted by atomic mass is 35.5. The number of unbranched alkanes of at least 4 members (excludes halogenated alkanes) is 1. The molecule has 1 aromatic carbocycles. The van der Waals surface area contributed by atoms with Gasteiger partial charge in [-0.3, -0.25) is 0 Å². The molecule has 1 amide bonds. The number of rotatable bonds is 8. The lowest BCUT2D eigenvalue weighted by Gasteiger charge is -2.11. The summed E-state index contributed by atoms with van der Waals surface area (Å²) in [4.78, 5) is 20.4. The number of alkyl carbamates (subject to hydrolysis) is 1. The van der Waals surface area contributed by atoms with Gasteiger partial charge in [0.15, 0.2) is 5.82 Å². The number of hydrogen-bond donors (Lipinski definition) is 2. The minimum Gasteiger partial charge on any atom is -0.450 e. The summed E-state index contributed by atoms with van der Waals surface area (Å²) in [7, 11) is 0. The van der Waals surface area contributed by atoms with Crippen LogP contribution in [0.4, 0.5) is 10.6 Å². The number of carbonyl (C=O) groups is 1. The van der Waals surface area contributed by atoms with E-state index in [1.54, 1.807) is 12.4 Å². The zero-order valence-electron chi connectivity index (χ0n) is 18.2. The molecular weight excluding hydrogens is 428 g/mol. The second-order valence-corrected chi connectivity index (χ2v) is 8.43. The molecule has 0 aliphatic heterocycles. The van der Waals surface area contributed by atoms with Gasteiger partial charge >= 0.3 is 6.09 Å². The normalized spacial score (nSPS) is 11.5. The van der Waals surface area contributed by atoms with Gasteiger partial charge in [-0.2, -0.15) is 0 Å². The van der Waals surface area contributed by atoms with Crippen molar-refractivity contribution in [3.63, 3.8) is 0 Å². The summed E-state index contributed by atoms with van der Waals surface area (Å²) in [6.07, 6.45) is 4.95. The number of amides is 1. The molecule has 4 rings (SSSR count). The van der Waals surface area contributed by atoms with Crippen LogP contribution in [0.15, 0.2) is 42.9 Å². The van der Waals surface area contributed by atoms with Gasteiger partial charge in [0.2, 0.25) is 0 Å². The highest BCUT2D eigenvalue weighted by molar-refractivity contribution is 6.30. The number of carbonyl (C=O) groups excluding carboxylic acids is 1. The van der Waals surface area contributed by atoms with Gasteiger partial charge < -0.3 is 24.9 Å². The maximum absolute atomic E-state index is 12.1. The van der Waals surface area contributed by atoms with Crippen molar-refractivity contribution in [2.45, 2.75) is 45.8 Å². The van der Waals surface area contributed by atoms with Crippen LogP contribution in [0.2, 0.25) is 5.15 Å². The third-order valence-corrected chi connectivity index (χ3v) is 5.61. The van der Waals surface area contributed by atoms with Crippen molar-refractivity contribution in [1.82, 2.24) is 24.4 Å². The molecule has 168 valence electrons. The highest BCUT2D eigenvalue weighted by Gasteiger charge is 2.09. The van der Waals surface area contributed by atoms with Gasteiger partial charge in [-0.05, 0) is 49.8 Å². The van der Waals surface area contributed by atoms with Crippen LogP contribution in [-0.4, -0.2) is 31.8 Å². The number of aryl methyl sites for hydroxylation is 1. The molecule has 8 nitrogen and oxygen atoms in total. The standard InChI is InChI=1S/C23H27ClN6O2/c1-15(2)30-9-7-17-6-5-16(11-18(17)30)13-26-23(31)32-10-4-3-8-29-14-27-21-19(29)12-20(24)28-22(21)25/h5-7,9,11-12,14-15H,3-4,8,10,13H2,1-2H3,(H2,25,28)(H,26,31). The van der Waals surface area contributed by atoms with Gasteiger partial charge in [0.05, 0.1) is 18.5 Å². The van der Waals surface area contributed by atoms with E-state index in [2.05, 4.69) is 58.1 Å². The Morgan fingerprint density at radius 3 is 2.88 bits per heavy atom. The average Bonchev–Trinajstić information content (AvgIpc) is 3.36. The predicted octanol–water partition coefficient (Wildman–Crippen LogP) is 4.91. The monoisotopic (exact) mass is 454 g/mol. The molecule has 0 aliphatic carbocycles. The number of hydrogen-bond acceptors (Lipinski definition) is 5. The van der Waals surface area contributed by atoms with E-state index in [4.69, 9.17) is 22.1 Å². The topological polar surface area (TPSA) is 100.0 Å². The van der Waals surface area contributed by atoms with E-state index in [-0.39, 0.29) is 0 Å². The van der Waals surface area contributed by atoms with E-state index in [9.17, 15) is 4.79 Å². The Balaban J connectivity index is 1.21. The Morgan fingerprint density at radius 1 is 1.22 bits per heavy atom. The zero-order chi connectivity index (χ0) is 22.7. The molecule has 9 heteroatoms. The molecule has 0 spiro atoms. The first-order chi connectivity index (χ1) is 15.4. The Kier molecular flexibility index (Phi) is 6.50. The second kappa shape index (κ2) is 9.48. The highest BCUT2D eigenvalue weighted by Crippen LogP contribution is 2.22. The van der Waals surface area contributed by atoms with Crippen LogP contribution in [0.5, 0.6) is 0 Å². The molecular formula is C23H27ClN6O2. The van der Waals surface area contributed by atoms with E-state index in [1.807, 2.05) is 10.6 Å². The van der Waals surface area contributed by atoms with Crippen LogP contribution in [0.25, 0.3) is 21.9 Å². The summed E-state index contributed by atoms with van der Waals surface area (Å²) in [5.74, 6) is 0.322. The Morgan fingerprint density at radius 2 is 2.06 bits per heavy atom. The maximum atomic E-state index is 12.1. The van der Waals surface area contributed by atoms with Gasteiger partial charge in [0.1, 0.15) is 10.7 Å². The number of benzene rings is 1. The lowest BCUT2D eigenvalue weighted by Crippen LogP contribution is -2.24. The van der Waals surface area contributed by atoms with Gasteiger partial charge in [0.25, 0.3) is 0 Å². The minimum atomic E-state index is -0.414. The average molecular weight is 455 g/mol. The molecule has 0 unspecified atom stereocenters. The number of aromatic nitrogens is 4. The number of fused-ring (bicyclic) bond motifs is 2. The first kappa shape index (κ1) is 22.0. The fourth-order valence-electron chi connectivity index (χ4n) is 3.76. The first-order valence-electron chi connectivity index (χ1n) is 10.7. The molecule has 0 atom stereocenters. The summed E-state index contributed by atoms with van der Waals surface area (Å²) in [6, 6.07) is 10.4. The molecule has 4 aromatic rings. The molecule has 3 aromatic heterocycles. The van der Waals surface area contributed by atoms with Gasteiger partial charge in [-0.1, -0.05) is 23.7 Å². The summed E-state index contributed by atoms with van der Waals surface area (Å²) >= 11 is 5.99. The molecule has 3 heterocycles. The molecule has 0 saturated carbocycles. The maximum Gasteiger partial charge on any atom is 0.407 e. The predicted molar refractivity (Wildman–Crippen MR) is 127 cm³/mol.